The molecule has 20 heavy (non-hydrogen) atoms. The molecule has 0 aliphatic carbocycles. The molecule has 0 saturated heterocycles. The van der Waals surface area contributed by atoms with Gasteiger partial charge in [0.05, 0.1) is 18.4 Å². The van der Waals surface area contributed by atoms with Crippen LogP contribution < -0.4 is 4.90 Å². The van der Waals surface area contributed by atoms with Crippen LogP contribution in [0.1, 0.15) is 29.8 Å². The number of anilines is 1. The van der Waals surface area contributed by atoms with Crippen molar-refractivity contribution in [1.82, 2.24) is 0 Å². The number of hydrogen-bond acceptors (Lipinski definition) is 3. The topological polar surface area (TPSA) is 46.6 Å². The van der Waals surface area contributed by atoms with Crippen LogP contribution in [0.5, 0.6) is 0 Å². The minimum absolute atomic E-state index is 0.0820. The van der Waals surface area contributed by atoms with Gasteiger partial charge in [-0.05, 0) is 30.7 Å². The zero-order valence-corrected chi connectivity index (χ0v) is 12.1. The standard InChI is InChI=1S/C16H19NO3/c1-5-7-13-11-14(16(19)20-4)8-9-15(13)17(10-6-2)12(3)18/h5-9,11H,2,10H2,1,3-4H3/b7-5+. The molecular weight excluding hydrogens is 254 g/mol. The van der Waals surface area contributed by atoms with E-state index in [2.05, 4.69) is 6.58 Å². The highest BCUT2D eigenvalue weighted by molar-refractivity contribution is 5.96. The summed E-state index contributed by atoms with van der Waals surface area (Å²) in [6.07, 6.45) is 5.36. The normalized spacial score (nSPS) is 10.3. The van der Waals surface area contributed by atoms with E-state index in [-0.39, 0.29) is 5.91 Å². The lowest BCUT2D eigenvalue weighted by Crippen LogP contribution is -2.29. The number of hydrogen-bond donors (Lipinski definition) is 0. The number of carbonyl (C=O) groups excluding carboxylic acids is 2. The lowest BCUT2D eigenvalue weighted by Gasteiger charge is -2.22. The van der Waals surface area contributed by atoms with Gasteiger partial charge < -0.3 is 9.64 Å². The quantitative estimate of drug-likeness (QED) is 0.612. The van der Waals surface area contributed by atoms with Crippen LogP contribution in [0.25, 0.3) is 6.08 Å². The minimum Gasteiger partial charge on any atom is -0.465 e. The number of nitrogens with zero attached hydrogens (tertiary/aromatic N) is 1. The molecule has 0 bridgehead atoms. The smallest absolute Gasteiger partial charge is 0.337 e. The molecule has 0 saturated carbocycles. The van der Waals surface area contributed by atoms with Crippen LogP contribution in [-0.4, -0.2) is 25.5 Å². The fraction of sp³-hybridized carbons (Fsp3) is 0.250. The number of methoxy groups -OCH3 is 1. The van der Waals surface area contributed by atoms with Crippen molar-refractivity contribution in [3.05, 3.63) is 48.1 Å². The van der Waals surface area contributed by atoms with Gasteiger partial charge in [-0.2, -0.15) is 0 Å². The number of carbonyl (C=O) groups is 2. The molecule has 106 valence electrons. The van der Waals surface area contributed by atoms with Crippen molar-refractivity contribution in [2.24, 2.45) is 0 Å². The fourth-order valence-corrected chi connectivity index (χ4v) is 1.88. The number of esters is 1. The first-order chi connectivity index (χ1) is 9.54. The predicted molar refractivity (Wildman–Crippen MR) is 80.7 cm³/mol. The third-order valence-corrected chi connectivity index (χ3v) is 2.78. The summed E-state index contributed by atoms with van der Waals surface area (Å²) < 4.78 is 4.70. The molecule has 0 aromatic heterocycles. The number of amides is 1. The Balaban J connectivity index is 3.34. The summed E-state index contributed by atoms with van der Waals surface area (Å²) in [5.74, 6) is -0.484. The fourth-order valence-electron chi connectivity index (χ4n) is 1.88. The summed E-state index contributed by atoms with van der Waals surface area (Å²) in [6, 6.07) is 5.10. The van der Waals surface area contributed by atoms with Gasteiger partial charge in [-0.25, -0.2) is 4.79 Å². The highest BCUT2D eigenvalue weighted by Gasteiger charge is 2.15. The average molecular weight is 273 g/mol. The van der Waals surface area contributed by atoms with Crippen molar-refractivity contribution < 1.29 is 14.3 Å². The Morgan fingerprint density at radius 3 is 2.60 bits per heavy atom. The van der Waals surface area contributed by atoms with Crippen LogP contribution in [0.2, 0.25) is 0 Å². The van der Waals surface area contributed by atoms with E-state index in [1.54, 1.807) is 29.2 Å². The molecule has 0 atom stereocenters. The van der Waals surface area contributed by atoms with Crippen LogP contribution in [0.3, 0.4) is 0 Å². The zero-order valence-electron chi connectivity index (χ0n) is 12.1. The summed E-state index contributed by atoms with van der Waals surface area (Å²) in [6.45, 7) is 7.44. The Hall–Kier alpha value is -2.36. The van der Waals surface area contributed by atoms with Crippen molar-refractivity contribution >= 4 is 23.6 Å². The van der Waals surface area contributed by atoms with Crippen molar-refractivity contribution in [2.75, 3.05) is 18.6 Å². The van der Waals surface area contributed by atoms with Crippen molar-refractivity contribution in [3.63, 3.8) is 0 Å². The maximum atomic E-state index is 11.7. The summed E-state index contributed by atoms with van der Waals surface area (Å²) >= 11 is 0. The molecule has 4 heteroatoms. The Bertz CT molecular complexity index is 547. The van der Waals surface area contributed by atoms with E-state index < -0.39 is 5.97 Å². The third kappa shape index (κ3) is 3.57. The van der Waals surface area contributed by atoms with Gasteiger partial charge in [-0.1, -0.05) is 18.2 Å². The van der Waals surface area contributed by atoms with E-state index >= 15 is 0 Å². The first-order valence-electron chi connectivity index (χ1n) is 6.29. The SMILES string of the molecule is C=CCN(C(C)=O)c1ccc(C(=O)OC)cc1/C=C/C. The molecule has 0 unspecified atom stereocenters. The Labute approximate surface area is 119 Å². The third-order valence-electron chi connectivity index (χ3n) is 2.78. The molecule has 4 nitrogen and oxygen atoms in total. The molecule has 0 heterocycles. The highest BCUT2D eigenvalue weighted by atomic mass is 16.5. The monoisotopic (exact) mass is 273 g/mol. The van der Waals surface area contributed by atoms with Gasteiger partial charge in [0.15, 0.2) is 0 Å². The second-order valence-corrected chi connectivity index (χ2v) is 4.18. The zero-order chi connectivity index (χ0) is 15.1. The van der Waals surface area contributed by atoms with Gasteiger partial charge >= 0.3 is 5.97 Å². The molecule has 1 rings (SSSR count). The molecule has 0 radical (unpaired) electrons. The predicted octanol–water partition coefficient (Wildman–Crippen LogP) is 3.05. The average Bonchev–Trinajstić information content (AvgIpc) is 2.44. The minimum atomic E-state index is -0.402. The second-order valence-electron chi connectivity index (χ2n) is 4.18. The summed E-state index contributed by atoms with van der Waals surface area (Å²) in [4.78, 5) is 24.9. The molecule has 0 N–H and O–H groups in total. The van der Waals surface area contributed by atoms with Crippen molar-refractivity contribution in [2.45, 2.75) is 13.8 Å². The van der Waals surface area contributed by atoms with Crippen LogP contribution in [0.15, 0.2) is 36.9 Å². The van der Waals surface area contributed by atoms with Gasteiger partial charge in [-0.15, -0.1) is 6.58 Å². The largest absolute Gasteiger partial charge is 0.465 e. The van der Waals surface area contributed by atoms with Crippen LogP contribution >= 0.6 is 0 Å². The van der Waals surface area contributed by atoms with Crippen molar-refractivity contribution in [1.29, 1.82) is 0 Å². The summed E-state index contributed by atoms with van der Waals surface area (Å²) in [5, 5.41) is 0. The Morgan fingerprint density at radius 1 is 1.40 bits per heavy atom. The first-order valence-corrected chi connectivity index (χ1v) is 6.29. The van der Waals surface area contributed by atoms with E-state index in [0.29, 0.717) is 12.1 Å². The first kappa shape index (κ1) is 15.7. The van der Waals surface area contributed by atoms with E-state index in [1.165, 1.54) is 14.0 Å². The van der Waals surface area contributed by atoms with Gasteiger partial charge in [0, 0.05) is 13.5 Å². The van der Waals surface area contributed by atoms with Gasteiger partial charge in [0.1, 0.15) is 0 Å². The number of ether oxygens (including phenoxy) is 1. The van der Waals surface area contributed by atoms with Gasteiger partial charge in [0.2, 0.25) is 5.91 Å². The second kappa shape index (κ2) is 7.28. The molecule has 1 amide bonds. The lowest BCUT2D eigenvalue weighted by molar-refractivity contribution is -0.116. The number of allylic oxidation sites excluding steroid dienone is 1. The van der Waals surface area contributed by atoms with Crippen molar-refractivity contribution in [3.8, 4) is 0 Å². The maximum Gasteiger partial charge on any atom is 0.337 e. The van der Waals surface area contributed by atoms with E-state index in [0.717, 1.165) is 11.3 Å². The van der Waals surface area contributed by atoms with E-state index in [4.69, 9.17) is 4.74 Å². The van der Waals surface area contributed by atoms with Gasteiger partial charge in [-0.3, -0.25) is 4.79 Å². The molecule has 0 fully saturated rings. The van der Waals surface area contributed by atoms with Gasteiger partial charge in [0.25, 0.3) is 0 Å². The number of rotatable bonds is 5. The molecular formula is C16H19NO3. The van der Waals surface area contributed by atoms with Crippen LogP contribution in [0.4, 0.5) is 5.69 Å². The highest BCUT2D eigenvalue weighted by Crippen LogP contribution is 2.24. The van der Waals surface area contributed by atoms with E-state index in [9.17, 15) is 9.59 Å². The lowest BCUT2D eigenvalue weighted by atomic mass is 10.1. The Morgan fingerprint density at radius 2 is 2.10 bits per heavy atom. The van der Waals surface area contributed by atoms with E-state index in [1.807, 2.05) is 19.1 Å². The van der Waals surface area contributed by atoms with Crippen LogP contribution in [-0.2, 0) is 9.53 Å². The molecule has 0 aliphatic heterocycles. The summed E-state index contributed by atoms with van der Waals surface area (Å²) in [5.41, 5.74) is 1.97. The molecule has 1 aromatic carbocycles. The summed E-state index contributed by atoms with van der Waals surface area (Å²) in [7, 11) is 1.34. The molecule has 0 spiro atoms. The maximum absolute atomic E-state index is 11.7. The molecule has 1 aromatic rings. The van der Waals surface area contributed by atoms with Crippen LogP contribution in [0, 0.1) is 0 Å². The Kier molecular flexibility index (Phi) is 5.72. The molecule has 0 aliphatic rings. The number of benzene rings is 1.